The smallest absolute Gasteiger partial charge is 0.338 e. The van der Waals surface area contributed by atoms with Crippen molar-refractivity contribution in [2.75, 3.05) is 54.1 Å². The summed E-state index contributed by atoms with van der Waals surface area (Å²) < 4.78 is 16.8. The second-order valence-electron chi connectivity index (χ2n) is 9.75. The Morgan fingerprint density at radius 2 is 1.68 bits per heavy atom. The lowest BCUT2D eigenvalue weighted by atomic mass is 9.91. The van der Waals surface area contributed by atoms with Gasteiger partial charge >= 0.3 is 5.97 Å². The highest BCUT2D eigenvalue weighted by molar-refractivity contribution is 8.16. The van der Waals surface area contributed by atoms with E-state index in [1.165, 1.54) is 11.8 Å². The van der Waals surface area contributed by atoms with Gasteiger partial charge in [0.15, 0.2) is 5.17 Å². The number of hydrogen-bond acceptors (Lipinski definition) is 9. The highest BCUT2D eigenvalue weighted by Crippen LogP contribution is 2.48. The summed E-state index contributed by atoms with van der Waals surface area (Å²) in [5.41, 5.74) is 3.30. The average molecular weight is 563 g/mol. The van der Waals surface area contributed by atoms with Crippen molar-refractivity contribution in [3.05, 3.63) is 76.3 Å². The molecule has 3 heterocycles. The maximum Gasteiger partial charge on any atom is 0.338 e. The number of piperazine rings is 1. The number of likely N-dealkylation sites (N-methyl/N-ethyl adjacent to an activating group) is 1. The minimum absolute atomic E-state index is 0.0543. The number of rotatable bonds is 8. The van der Waals surface area contributed by atoms with Gasteiger partial charge in [0.05, 0.1) is 44.6 Å². The Balaban J connectivity index is 1.62. The molecule has 2 aromatic rings. The van der Waals surface area contributed by atoms with Crippen molar-refractivity contribution in [1.29, 1.82) is 0 Å². The number of amides is 1. The predicted octanol–water partition coefficient (Wildman–Crippen LogP) is 4.14. The van der Waals surface area contributed by atoms with Gasteiger partial charge < -0.3 is 28.9 Å². The molecule has 0 N–H and O–H groups in total. The van der Waals surface area contributed by atoms with E-state index in [0.29, 0.717) is 41.0 Å². The molecular formula is C30H34N4O5S. The summed E-state index contributed by atoms with van der Waals surface area (Å²) in [7, 11) is 5.25. The molecule has 5 rings (SSSR count). The molecule has 1 atom stereocenters. The van der Waals surface area contributed by atoms with Gasteiger partial charge in [0.2, 0.25) is 5.91 Å². The average Bonchev–Trinajstić information content (AvgIpc) is 3.38. The van der Waals surface area contributed by atoms with Gasteiger partial charge in [0.1, 0.15) is 11.5 Å². The predicted molar refractivity (Wildman–Crippen MR) is 156 cm³/mol. The summed E-state index contributed by atoms with van der Waals surface area (Å²) in [5.74, 6) is 0.777. The van der Waals surface area contributed by atoms with Crippen LogP contribution in [0.1, 0.15) is 30.5 Å². The van der Waals surface area contributed by atoms with Crippen molar-refractivity contribution >= 4 is 34.5 Å². The van der Waals surface area contributed by atoms with E-state index in [9.17, 15) is 9.59 Å². The molecule has 1 fully saturated rings. The van der Waals surface area contributed by atoms with E-state index in [1.807, 2.05) is 57.7 Å². The van der Waals surface area contributed by atoms with Crippen LogP contribution < -0.4 is 9.47 Å². The Hall–Kier alpha value is -3.76. The van der Waals surface area contributed by atoms with Crippen LogP contribution in [0.3, 0.4) is 0 Å². The van der Waals surface area contributed by atoms with Crippen molar-refractivity contribution in [2.24, 2.45) is 4.99 Å². The van der Waals surface area contributed by atoms with E-state index in [2.05, 4.69) is 11.9 Å². The SMILES string of the molecule is CCOC(=O)C1=C(c2ccccc2)N=C2SC=C(CC(=O)N3CCN(C)CC3)N2[C@@H]1c1cc(OC)cc(OC)c1. The first-order valence-corrected chi connectivity index (χ1v) is 14.2. The van der Waals surface area contributed by atoms with E-state index >= 15 is 0 Å². The number of aliphatic imine (C=N–C) groups is 1. The molecule has 1 saturated heterocycles. The Kier molecular flexibility index (Phi) is 8.46. The normalized spacial score (nSPS) is 19.1. The number of ether oxygens (including phenoxy) is 3. The van der Waals surface area contributed by atoms with Crippen LogP contribution in [0, 0.1) is 0 Å². The van der Waals surface area contributed by atoms with Gasteiger partial charge in [-0.25, -0.2) is 9.79 Å². The maximum absolute atomic E-state index is 13.7. The third kappa shape index (κ3) is 5.59. The van der Waals surface area contributed by atoms with Gasteiger partial charge in [0, 0.05) is 43.5 Å². The number of esters is 1. The number of methoxy groups -OCH3 is 2. The zero-order valence-electron chi connectivity index (χ0n) is 23.3. The van der Waals surface area contributed by atoms with E-state index in [1.54, 1.807) is 27.2 Å². The number of nitrogens with zero attached hydrogens (tertiary/aromatic N) is 4. The Morgan fingerprint density at radius 1 is 1.00 bits per heavy atom. The lowest BCUT2D eigenvalue weighted by Crippen LogP contribution is -2.47. The maximum atomic E-state index is 13.7. The second-order valence-corrected chi connectivity index (χ2v) is 10.6. The lowest BCUT2D eigenvalue weighted by molar-refractivity contribution is -0.139. The summed E-state index contributed by atoms with van der Waals surface area (Å²) in [6, 6.07) is 14.6. The highest BCUT2D eigenvalue weighted by Gasteiger charge is 2.43. The molecule has 3 aliphatic heterocycles. The molecule has 2 aromatic carbocycles. The van der Waals surface area contributed by atoms with Crippen LogP contribution >= 0.6 is 11.8 Å². The van der Waals surface area contributed by atoms with Crippen LogP contribution in [-0.4, -0.2) is 85.8 Å². The molecule has 0 spiro atoms. The zero-order chi connectivity index (χ0) is 28.2. The molecule has 0 bridgehead atoms. The van der Waals surface area contributed by atoms with Crippen LogP contribution in [0.4, 0.5) is 0 Å². The monoisotopic (exact) mass is 562 g/mol. The number of carbonyl (C=O) groups is 2. The van der Waals surface area contributed by atoms with Crippen LogP contribution in [0.15, 0.2) is 70.2 Å². The molecule has 1 amide bonds. The summed E-state index contributed by atoms with van der Waals surface area (Å²) in [6.45, 7) is 5.08. The lowest BCUT2D eigenvalue weighted by Gasteiger charge is -2.38. The van der Waals surface area contributed by atoms with E-state index in [-0.39, 0.29) is 18.9 Å². The van der Waals surface area contributed by atoms with Gasteiger partial charge in [-0.05, 0) is 37.1 Å². The summed E-state index contributed by atoms with van der Waals surface area (Å²) in [6.07, 6.45) is 0.199. The molecule has 40 heavy (non-hydrogen) atoms. The third-order valence-corrected chi connectivity index (χ3v) is 8.12. The highest BCUT2D eigenvalue weighted by atomic mass is 32.2. The van der Waals surface area contributed by atoms with Crippen molar-refractivity contribution in [3.63, 3.8) is 0 Å². The molecule has 210 valence electrons. The summed E-state index contributed by atoms with van der Waals surface area (Å²) in [5, 5.41) is 2.66. The second kappa shape index (κ2) is 12.2. The summed E-state index contributed by atoms with van der Waals surface area (Å²) in [4.78, 5) is 38.3. The van der Waals surface area contributed by atoms with E-state index in [0.717, 1.165) is 29.9 Å². The van der Waals surface area contributed by atoms with Crippen molar-refractivity contribution in [2.45, 2.75) is 19.4 Å². The van der Waals surface area contributed by atoms with Crippen LogP contribution in [-0.2, 0) is 14.3 Å². The topological polar surface area (TPSA) is 83.9 Å². The molecular weight excluding hydrogens is 528 g/mol. The first kappa shape index (κ1) is 27.8. The Labute approximate surface area is 239 Å². The third-order valence-electron chi connectivity index (χ3n) is 7.23. The molecule has 0 aromatic heterocycles. The van der Waals surface area contributed by atoms with Gasteiger partial charge in [-0.1, -0.05) is 42.1 Å². The fourth-order valence-corrected chi connectivity index (χ4v) is 6.03. The van der Waals surface area contributed by atoms with Gasteiger partial charge in [-0.2, -0.15) is 0 Å². The first-order chi connectivity index (χ1) is 19.4. The molecule has 9 nitrogen and oxygen atoms in total. The molecule has 0 saturated carbocycles. The number of hydrogen-bond donors (Lipinski definition) is 0. The number of carbonyl (C=O) groups excluding carboxylic acids is 2. The standard InChI is InChI=1S/C30H34N4O5S/c1-5-39-29(36)26-27(20-9-7-6-8-10-20)31-30-34(28(26)21-15-23(37-3)18-24(16-21)38-4)22(19-40-30)17-25(35)33-13-11-32(2)12-14-33/h6-10,15-16,18-19,28H,5,11-14,17H2,1-4H3/t28-/m1/s1. The molecule has 0 aliphatic carbocycles. The fraction of sp³-hybridized carbons (Fsp3) is 0.367. The minimum Gasteiger partial charge on any atom is -0.497 e. The Bertz CT molecular complexity index is 1340. The van der Waals surface area contributed by atoms with Crippen LogP contribution in [0.25, 0.3) is 5.70 Å². The van der Waals surface area contributed by atoms with Crippen molar-refractivity contribution in [3.8, 4) is 11.5 Å². The molecule has 0 radical (unpaired) electrons. The van der Waals surface area contributed by atoms with E-state index < -0.39 is 12.0 Å². The van der Waals surface area contributed by atoms with Gasteiger partial charge in [-0.15, -0.1) is 0 Å². The van der Waals surface area contributed by atoms with Gasteiger partial charge in [0.25, 0.3) is 0 Å². The van der Waals surface area contributed by atoms with Gasteiger partial charge in [-0.3, -0.25) is 4.79 Å². The minimum atomic E-state index is -0.618. The quantitative estimate of drug-likeness (QED) is 0.444. The van der Waals surface area contributed by atoms with Crippen LogP contribution in [0.5, 0.6) is 11.5 Å². The van der Waals surface area contributed by atoms with E-state index in [4.69, 9.17) is 19.2 Å². The van der Waals surface area contributed by atoms with Crippen LogP contribution in [0.2, 0.25) is 0 Å². The zero-order valence-corrected chi connectivity index (χ0v) is 24.1. The number of benzene rings is 2. The molecule has 3 aliphatic rings. The van der Waals surface area contributed by atoms with Crippen molar-refractivity contribution in [1.82, 2.24) is 14.7 Å². The largest absolute Gasteiger partial charge is 0.497 e. The number of thioether (sulfide) groups is 1. The number of fused-ring (bicyclic) bond motifs is 1. The molecule has 10 heteroatoms. The first-order valence-electron chi connectivity index (χ1n) is 13.3. The Morgan fingerprint density at radius 3 is 2.30 bits per heavy atom. The van der Waals surface area contributed by atoms with Crippen molar-refractivity contribution < 1.29 is 23.8 Å². The number of amidine groups is 1. The fourth-order valence-electron chi connectivity index (χ4n) is 5.11. The summed E-state index contributed by atoms with van der Waals surface area (Å²) >= 11 is 1.45. The molecule has 0 unspecified atom stereocenters.